The van der Waals surface area contributed by atoms with E-state index in [-0.39, 0.29) is 0 Å². The molecule has 1 aromatic carbocycles. The van der Waals surface area contributed by atoms with Gasteiger partial charge in [-0.2, -0.15) is 0 Å². The first-order chi connectivity index (χ1) is 10.2. The lowest BCUT2D eigenvalue weighted by molar-refractivity contribution is 0.424. The smallest absolute Gasteiger partial charge is 0.134 e. The Hall–Kier alpha value is -2.07. The second-order valence-electron chi connectivity index (χ2n) is 5.61. The number of nitrogens with one attached hydrogen (secondary N) is 1. The predicted octanol–water partition coefficient (Wildman–Crippen LogP) is 3.36. The average Bonchev–Trinajstić information content (AvgIpc) is 3.05. The molecule has 3 rings (SSSR count). The summed E-state index contributed by atoms with van der Waals surface area (Å²) in [6.07, 6.45) is 3.88. The van der Waals surface area contributed by atoms with Crippen LogP contribution in [-0.2, 0) is 13.1 Å². The third-order valence-corrected chi connectivity index (χ3v) is 3.70. The molecule has 0 spiro atoms. The van der Waals surface area contributed by atoms with Gasteiger partial charge < -0.3 is 14.3 Å². The lowest BCUT2D eigenvalue weighted by Gasteiger charge is -2.13. The molecule has 0 bridgehead atoms. The van der Waals surface area contributed by atoms with E-state index < -0.39 is 0 Å². The lowest BCUT2D eigenvalue weighted by atomic mass is 10.2. The van der Waals surface area contributed by atoms with E-state index in [0.717, 1.165) is 42.2 Å². The normalized spacial score (nSPS) is 12.9. The van der Waals surface area contributed by atoms with Gasteiger partial charge in [-0.15, -0.1) is 0 Å². The molecule has 0 saturated carbocycles. The molecule has 1 N–H and O–H groups in total. The van der Waals surface area contributed by atoms with Crippen LogP contribution in [0.1, 0.15) is 18.5 Å². The first-order valence-corrected chi connectivity index (χ1v) is 7.38. The number of nitrogens with zero attached hydrogens (tertiary/aromatic N) is 2. The van der Waals surface area contributed by atoms with Crippen LogP contribution in [0.5, 0.6) is 0 Å². The monoisotopic (exact) mass is 283 g/mol. The fourth-order valence-corrected chi connectivity index (χ4v) is 2.56. The maximum absolute atomic E-state index is 5.80. The molecule has 3 aromatic rings. The van der Waals surface area contributed by atoms with Crippen molar-refractivity contribution in [2.45, 2.75) is 26.9 Å². The number of benzene rings is 1. The fourth-order valence-electron chi connectivity index (χ4n) is 2.56. The van der Waals surface area contributed by atoms with Crippen LogP contribution in [0, 0.1) is 12.8 Å². The van der Waals surface area contributed by atoms with E-state index >= 15 is 0 Å². The van der Waals surface area contributed by atoms with Crippen molar-refractivity contribution in [2.24, 2.45) is 5.92 Å². The Morgan fingerprint density at radius 3 is 2.95 bits per heavy atom. The van der Waals surface area contributed by atoms with E-state index in [0.29, 0.717) is 5.92 Å². The van der Waals surface area contributed by atoms with Crippen LogP contribution in [0.2, 0.25) is 0 Å². The topological polar surface area (TPSA) is 43.0 Å². The number of hydrogen-bond donors (Lipinski definition) is 1. The van der Waals surface area contributed by atoms with Crippen LogP contribution in [0.4, 0.5) is 0 Å². The molecule has 2 heterocycles. The number of rotatable bonds is 6. The zero-order chi connectivity index (χ0) is 14.7. The number of fused-ring (bicyclic) bond motifs is 1. The van der Waals surface area contributed by atoms with E-state index in [2.05, 4.69) is 33.9 Å². The molecular weight excluding hydrogens is 262 g/mol. The molecule has 0 saturated heterocycles. The van der Waals surface area contributed by atoms with Crippen molar-refractivity contribution in [1.29, 1.82) is 0 Å². The van der Waals surface area contributed by atoms with Crippen molar-refractivity contribution in [2.75, 3.05) is 6.54 Å². The largest absolute Gasteiger partial charge is 0.460 e. The van der Waals surface area contributed by atoms with Gasteiger partial charge in [0.25, 0.3) is 0 Å². The summed E-state index contributed by atoms with van der Waals surface area (Å²) in [6, 6.07) is 10.2. The van der Waals surface area contributed by atoms with Gasteiger partial charge in [0.1, 0.15) is 17.2 Å². The van der Waals surface area contributed by atoms with Gasteiger partial charge in [0.05, 0.1) is 6.54 Å². The molecule has 21 heavy (non-hydrogen) atoms. The van der Waals surface area contributed by atoms with Crippen molar-refractivity contribution < 1.29 is 4.42 Å². The van der Waals surface area contributed by atoms with Gasteiger partial charge in [-0.25, -0.2) is 4.98 Å². The molecule has 4 heteroatoms. The average molecular weight is 283 g/mol. The molecule has 0 aliphatic carbocycles. The van der Waals surface area contributed by atoms with Crippen molar-refractivity contribution >= 4 is 11.0 Å². The summed E-state index contributed by atoms with van der Waals surface area (Å²) in [5, 5.41) is 4.63. The van der Waals surface area contributed by atoms with Gasteiger partial charge in [0, 0.05) is 24.3 Å². The van der Waals surface area contributed by atoms with Crippen LogP contribution >= 0.6 is 0 Å². The maximum Gasteiger partial charge on any atom is 0.134 e. The first kappa shape index (κ1) is 13.9. The first-order valence-electron chi connectivity index (χ1n) is 7.38. The minimum Gasteiger partial charge on any atom is -0.460 e. The highest BCUT2D eigenvalue weighted by Crippen LogP contribution is 2.18. The van der Waals surface area contributed by atoms with Crippen molar-refractivity contribution in [3.8, 4) is 0 Å². The third kappa shape index (κ3) is 3.34. The fraction of sp³-hybridized carbons (Fsp3) is 0.353. The number of furan rings is 1. The predicted molar refractivity (Wildman–Crippen MR) is 84.0 cm³/mol. The standard InChI is InChI=1S/C17H21N3O/c1-13(12-20-8-7-19-14(20)2)10-18-11-16-9-15-5-3-4-6-17(15)21-16/h3-9,13,18H,10-12H2,1-2H3. The molecule has 4 nitrogen and oxygen atoms in total. The summed E-state index contributed by atoms with van der Waals surface area (Å²) in [6.45, 7) is 6.98. The third-order valence-electron chi connectivity index (χ3n) is 3.70. The molecule has 0 fully saturated rings. The van der Waals surface area contributed by atoms with Gasteiger partial charge in [-0.1, -0.05) is 25.1 Å². The molecule has 2 aromatic heterocycles. The zero-order valence-corrected chi connectivity index (χ0v) is 12.5. The molecule has 0 amide bonds. The second-order valence-corrected chi connectivity index (χ2v) is 5.61. The Labute approximate surface area is 124 Å². The van der Waals surface area contributed by atoms with E-state index in [1.165, 1.54) is 0 Å². The van der Waals surface area contributed by atoms with Crippen LogP contribution < -0.4 is 5.32 Å². The zero-order valence-electron chi connectivity index (χ0n) is 12.5. The van der Waals surface area contributed by atoms with Gasteiger partial charge in [-0.3, -0.25) is 0 Å². The maximum atomic E-state index is 5.80. The highest BCUT2D eigenvalue weighted by Gasteiger charge is 2.06. The van der Waals surface area contributed by atoms with Crippen LogP contribution in [-0.4, -0.2) is 16.1 Å². The molecule has 0 radical (unpaired) electrons. The van der Waals surface area contributed by atoms with Gasteiger partial charge in [0.2, 0.25) is 0 Å². The molecule has 110 valence electrons. The lowest BCUT2D eigenvalue weighted by Crippen LogP contribution is -2.23. The highest BCUT2D eigenvalue weighted by molar-refractivity contribution is 5.77. The van der Waals surface area contributed by atoms with Gasteiger partial charge >= 0.3 is 0 Å². The minimum atomic E-state index is 0.544. The summed E-state index contributed by atoms with van der Waals surface area (Å²) in [5.74, 6) is 2.60. The summed E-state index contributed by atoms with van der Waals surface area (Å²) in [4.78, 5) is 4.25. The molecule has 1 unspecified atom stereocenters. The number of aryl methyl sites for hydroxylation is 1. The van der Waals surface area contributed by atoms with E-state index in [4.69, 9.17) is 4.42 Å². The Kier molecular flexibility index (Phi) is 4.06. The number of hydrogen-bond acceptors (Lipinski definition) is 3. The quantitative estimate of drug-likeness (QED) is 0.754. The van der Waals surface area contributed by atoms with Crippen molar-refractivity contribution in [1.82, 2.24) is 14.9 Å². The highest BCUT2D eigenvalue weighted by atomic mass is 16.3. The van der Waals surface area contributed by atoms with Crippen molar-refractivity contribution in [3.63, 3.8) is 0 Å². The Balaban J connectivity index is 1.50. The summed E-state index contributed by atoms with van der Waals surface area (Å²) >= 11 is 0. The molecular formula is C17H21N3O. The Morgan fingerprint density at radius 2 is 2.19 bits per heavy atom. The molecule has 0 aliphatic heterocycles. The molecule has 1 atom stereocenters. The summed E-state index contributed by atoms with van der Waals surface area (Å²) in [7, 11) is 0. The van der Waals surface area contributed by atoms with E-state index in [9.17, 15) is 0 Å². The number of para-hydroxylation sites is 1. The van der Waals surface area contributed by atoms with Crippen LogP contribution in [0.15, 0.2) is 47.1 Å². The SMILES string of the molecule is Cc1nccn1CC(C)CNCc1cc2ccccc2o1. The summed E-state index contributed by atoms with van der Waals surface area (Å²) < 4.78 is 7.99. The number of imidazole rings is 1. The number of aromatic nitrogens is 2. The Morgan fingerprint density at radius 1 is 1.33 bits per heavy atom. The van der Waals surface area contributed by atoms with Crippen LogP contribution in [0.3, 0.4) is 0 Å². The van der Waals surface area contributed by atoms with Crippen molar-refractivity contribution in [3.05, 3.63) is 54.3 Å². The minimum absolute atomic E-state index is 0.544. The Bertz CT molecular complexity index is 680. The van der Waals surface area contributed by atoms with Crippen LogP contribution in [0.25, 0.3) is 11.0 Å². The summed E-state index contributed by atoms with van der Waals surface area (Å²) in [5.41, 5.74) is 0.955. The van der Waals surface area contributed by atoms with E-state index in [1.54, 1.807) is 0 Å². The van der Waals surface area contributed by atoms with Gasteiger partial charge in [-0.05, 0) is 31.5 Å². The van der Waals surface area contributed by atoms with E-state index in [1.807, 2.05) is 37.5 Å². The molecule has 0 aliphatic rings. The second kappa shape index (κ2) is 6.14. The van der Waals surface area contributed by atoms with Gasteiger partial charge in [0.15, 0.2) is 0 Å².